The van der Waals surface area contributed by atoms with Crippen LogP contribution in [-0.2, 0) is 14.4 Å². The van der Waals surface area contributed by atoms with E-state index < -0.39 is 34.8 Å². The number of carbonyl (C=O) groups excluding carboxylic acids is 2. The zero-order valence-electron chi connectivity index (χ0n) is 17.1. The summed E-state index contributed by atoms with van der Waals surface area (Å²) in [7, 11) is 0. The summed E-state index contributed by atoms with van der Waals surface area (Å²) >= 11 is 0. The van der Waals surface area contributed by atoms with Gasteiger partial charge in [-0.15, -0.1) is 0 Å². The molecule has 162 valence electrons. The average molecular weight is 440 g/mol. The van der Waals surface area contributed by atoms with Crippen molar-refractivity contribution in [1.29, 1.82) is 5.26 Å². The highest BCUT2D eigenvalue weighted by Gasteiger charge is 2.61. The van der Waals surface area contributed by atoms with E-state index in [9.17, 15) is 19.7 Å². The second-order valence-electron chi connectivity index (χ2n) is 7.64. The fraction of sp³-hybridized carbons (Fsp3) is 0.125. The zero-order chi connectivity index (χ0) is 23.1. The molecule has 0 aliphatic carbocycles. The van der Waals surface area contributed by atoms with Gasteiger partial charge in [0.2, 0.25) is 5.91 Å². The summed E-state index contributed by atoms with van der Waals surface area (Å²) in [4.78, 5) is 45.1. The van der Waals surface area contributed by atoms with Gasteiger partial charge in [-0.2, -0.15) is 5.26 Å². The Morgan fingerprint density at radius 3 is 2.21 bits per heavy atom. The zero-order valence-corrected chi connectivity index (χ0v) is 17.1. The number of nitriles is 1. The Kier molecular flexibility index (Phi) is 4.84. The van der Waals surface area contributed by atoms with Gasteiger partial charge >= 0.3 is 0 Å². The number of hydrogen-bond donors (Lipinski definition) is 0. The number of benzene rings is 3. The molecule has 3 aromatic carbocycles. The van der Waals surface area contributed by atoms with E-state index in [4.69, 9.17) is 10.1 Å². The fourth-order valence-electron chi connectivity index (χ4n) is 4.37. The Bertz CT molecular complexity index is 1300. The predicted molar refractivity (Wildman–Crippen MR) is 117 cm³/mol. The number of carbonyl (C=O) groups is 2. The first-order valence-electron chi connectivity index (χ1n) is 10.1. The van der Waals surface area contributed by atoms with Crippen molar-refractivity contribution >= 4 is 28.9 Å². The molecule has 2 heterocycles. The third-order valence-electron chi connectivity index (χ3n) is 5.83. The van der Waals surface area contributed by atoms with Crippen molar-refractivity contribution in [3.05, 3.63) is 100 Å². The molecule has 3 aromatic rings. The SMILES string of the molecule is N#Cc1ccc(N2C(=O)[C@H]3[C@@H](c4ccccc4[N+](=O)[O-])N(c4ccccc4)O[C@H]3C2=O)cc1. The molecule has 9 nitrogen and oxygen atoms in total. The normalized spacial score (nSPS) is 21.7. The number of fused-ring (bicyclic) bond motifs is 1. The second kappa shape index (κ2) is 7.85. The molecule has 2 saturated heterocycles. The number of hydrogen-bond acceptors (Lipinski definition) is 7. The number of nitrogens with zero attached hydrogens (tertiary/aromatic N) is 4. The maximum absolute atomic E-state index is 13.6. The van der Waals surface area contributed by atoms with Crippen LogP contribution < -0.4 is 9.96 Å². The summed E-state index contributed by atoms with van der Waals surface area (Å²) in [5, 5.41) is 22.2. The summed E-state index contributed by atoms with van der Waals surface area (Å²) in [6, 6.07) is 22.2. The van der Waals surface area contributed by atoms with Crippen molar-refractivity contribution < 1.29 is 19.3 Å². The first-order valence-corrected chi connectivity index (χ1v) is 10.1. The Balaban J connectivity index is 1.62. The monoisotopic (exact) mass is 440 g/mol. The molecule has 2 fully saturated rings. The topological polar surface area (TPSA) is 117 Å². The maximum Gasteiger partial charge on any atom is 0.274 e. The lowest BCUT2D eigenvalue weighted by Crippen LogP contribution is -2.37. The molecule has 9 heteroatoms. The molecule has 0 unspecified atom stereocenters. The highest BCUT2D eigenvalue weighted by Crippen LogP contribution is 2.49. The minimum Gasteiger partial charge on any atom is -0.273 e. The molecule has 2 aliphatic heterocycles. The number of anilines is 2. The maximum atomic E-state index is 13.6. The van der Waals surface area contributed by atoms with Crippen molar-refractivity contribution in [2.45, 2.75) is 12.1 Å². The van der Waals surface area contributed by atoms with Crippen LogP contribution in [0.25, 0.3) is 0 Å². The van der Waals surface area contributed by atoms with E-state index in [0.29, 0.717) is 16.9 Å². The van der Waals surface area contributed by atoms with E-state index in [1.54, 1.807) is 42.5 Å². The lowest BCUT2D eigenvalue weighted by Gasteiger charge is -2.28. The van der Waals surface area contributed by atoms with Gasteiger partial charge in [0.15, 0.2) is 6.10 Å². The largest absolute Gasteiger partial charge is 0.274 e. The third kappa shape index (κ3) is 3.21. The van der Waals surface area contributed by atoms with Crippen molar-refractivity contribution in [3.63, 3.8) is 0 Å². The molecule has 33 heavy (non-hydrogen) atoms. The number of amides is 2. The Labute approximate surface area is 188 Å². The molecular weight excluding hydrogens is 424 g/mol. The number of imide groups is 1. The van der Waals surface area contributed by atoms with Gasteiger partial charge in [-0.1, -0.05) is 30.3 Å². The molecular formula is C24H16N4O5. The first-order chi connectivity index (χ1) is 16.0. The van der Waals surface area contributed by atoms with Crippen LogP contribution in [0.2, 0.25) is 0 Å². The molecule has 5 rings (SSSR count). The standard InChI is InChI=1S/C24H16N4O5/c25-14-15-10-12-16(13-11-15)26-23(29)20-21(18-8-4-5-9-19(18)28(31)32)27(33-22(20)24(26)30)17-6-2-1-3-7-17/h1-13,20-22H/t20-,21+,22+/m0/s1. The minimum atomic E-state index is -1.14. The fourth-order valence-corrected chi connectivity index (χ4v) is 4.37. The van der Waals surface area contributed by atoms with Crippen LogP contribution in [0.15, 0.2) is 78.9 Å². The molecule has 0 radical (unpaired) electrons. The van der Waals surface area contributed by atoms with E-state index in [-0.39, 0.29) is 11.3 Å². The number of para-hydroxylation sites is 2. The van der Waals surface area contributed by atoms with Gasteiger partial charge < -0.3 is 0 Å². The van der Waals surface area contributed by atoms with Crippen LogP contribution >= 0.6 is 0 Å². The summed E-state index contributed by atoms with van der Waals surface area (Å²) < 4.78 is 0. The van der Waals surface area contributed by atoms with E-state index in [1.165, 1.54) is 35.4 Å². The molecule has 0 aromatic heterocycles. The van der Waals surface area contributed by atoms with E-state index in [1.807, 2.05) is 12.1 Å². The molecule has 3 atom stereocenters. The summed E-state index contributed by atoms with van der Waals surface area (Å²) in [5.74, 6) is -2.07. The summed E-state index contributed by atoms with van der Waals surface area (Å²) in [6.45, 7) is 0. The lowest BCUT2D eigenvalue weighted by molar-refractivity contribution is -0.385. The molecule has 2 aliphatic rings. The minimum absolute atomic E-state index is 0.162. The van der Waals surface area contributed by atoms with Gasteiger partial charge in [0, 0.05) is 6.07 Å². The van der Waals surface area contributed by atoms with E-state index in [0.717, 1.165) is 4.90 Å². The van der Waals surface area contributed by atoms with Crippen molar-refractivity contribution in [1.82, 2.24) is 0 Å². The number of nitro groups is 1. The predicted octanol–water partition coefficient (Wildman–Crippen LogP) is 3.52. The van der Waals surface area contributed by atoms with Crippen LogP contribution in [0.1, 0.15) is 17.2 Å². The molecule has 0 bridgehead atoms. The van der Waals surface area contributed by atoms with Gasteiger partial charge in [-0.25, -0.2) is 9.96 Å². The Hall–Kier alpha value is -4.55. The lowest BCUT2D eigenvalue weighted by atomic mass is 9.89. The quantitative estimate of drug-likeness (QED) is 0.346. The van der Waals surface area contributed by atoms with Crippen molar-refractivity contribution in [2.24, 2.45) is 5.92 Å². The van der Waals surface area contributed by atoms with Crippen LogP contribution in [0, 0.1) is 27.4 Å². The Morgan fingerprint density at radius 1 is 0.879 bits per heavy atom. The first kappa shape index (κ1) is 20.4. The summed E-state index contributed by atoms with van der Waals surface area (Å²) in [5.41, 5.74) is 1.39. The van der Waals surface area contributed by atoms with Gasteiger partial charge in [-0.05, 0) is 42.5 Å². The molecule has 2 amide bonds. The van der Waals surface area contributed by atoms with Gasteiger partial charge in [0.1, 0.15) is 12.0 Å². The average Bonchev–Trinajstić information content (AvgIpc) is 3.35. The molecule has 0 N–H and O–H groups in total. The number of hydroxylamine groups is 1. The van der Waals surface area contributed by atoms with E-state index in [2.05, 4.69) is 0 Å². The van der Waals surface area contributed by atoms with Gasteiger partial charge in [0.05, 0.1) is 33.5 Å². The Morgan fingerprint density at radius 2 is 1.55 bits per heavy atom. The van der Waals surface area contributed by atoms with E-state index >= 15 is 0 Å². The highest BCUT2D eigenvalue weighted by atomic mass is 16.7. The molecule has 0 spiro atoms. The highest BCUT2D eigenvalue weighted by molar-refractivity contribution is 6.24. The van der Waals surface area contributed by atoms with Gasteiger partial charge in [0.25, 0.3) is 11.6 Å². The molecule has 0 saturated carbocycles. The van der Waals surface area contributed by atoms with Crippen LogP contribution in [0.3, 0.4) is 0 Å². The van der Waals surface area contributed by atoms with Gasteiger partial charge in [-0.3, -0.25) is 24.5 Å². The third-order valence-corrected chi connectivity index (χ3v) is 5.83. The second-order valence-corrected chi connectivity index (χ2v) is 7.64. The van der Waals surface area contributed by atoms with Crippen LogP contribution in [0.5, 0.6) is 0 Å². The van der Waals surface area contributed by atoms with Crippen molar-refractivity contribution in [3.8, 4) is 6.07 Å². The van der Waals surface area contributed by atoms with Crippen LogP contribution in [-0.4, -0.2) is 22.8 Å². The number of nitro benzene ring substituents is 1. The smallest absolute Gasteiger partial charge is 0.273 e. The van der Waals surface area contributed by atoms with Crippen molar-refractivity contribution in [2.75, 3.05) is 9.96 Å². The summed E-state index contributed by atoms with van der Waals surface area (Å²) in [6.07, 6.45) is -1.14. The van der Waals surface area contributed by atoms with Crippen LogP contribution in [0.4, 0.5) is 17.1 Å². The number of rotatable bonds is 4.